The first-order chi connectivity index (χ1) is 15.3. The summed E-state index contributed by atoms with van der Waals surface area (Å²) in [7, 11) is 0. The predicted molar refractivity (Wildman–Crippen MR) is 108 cm³/mol. The molecule has 0 fully saturated rings. The van der Waals surface area contributed by atoms with Gasteiger partial charge in [-0.15, -0.1) is 0 Å². The van der Waals surface area contributed by atoms with Crippen molar-refractivity contribution in [2.24, 2.45) is 0 Å². The van der Waals surface area contributed by atoms with Crippen LogP contribution in [0.4, 0.5) is 17.6 Å². The summed E-state index contributed by atoms with van der Waals surface area (Å²) in [6, 6.07) is 11.6. The van der Waals surface area contributed by atoms with Crippen LogP contribution in [0.1, 0.15) is 27.0 Å². The maximum absolute atomic E-state index is 14.1. The number of nitrogens with one attached hydrogen (secondary N) is 2. The topological polar surface area (TPSA) is 78.4 Å². The molecule has 3 aromatic rings. The number of hydroxylamine groups is 1. The summed E-state index contributed by atoms with van der Waals surface area (Å²) >= 11 is 0. The van der Waals surface area contributed by atoms with Crippen molar-refractivity contribution in [2.75, 3.05) is 0 Å². The molecule has 3 rings (SSSR count). The minimum Gasteiger partial charge on any atom is -0.348 e. The molecule has 32 heavy (non-hydrogen) atoms. The van der Waals surface area contributed by atoms with E-state index in [1.807, 2.05) is 0 Å². The number of hydrogen-bond donors (Lipinski definition) is 3. The first kappa shape index (κ1) is 22.7. The van der Waals surface area contributed by atoms with E-state index in [9.17, 15) is 27.2 Å². The van der Waals surface area contributed by atoms with E-state index in [2.05, 4.69) is 5.32 Å². The van der Waals surface area contributed by atoms with Gasteiger partial charge < -0.3 is 5.32 Å². The highest BCUT2D eigenvalue weighted by Crippen LogP contribution is 2.24. The SMILES string of the molecule is O=C(NCc1ccc(C(=O)NO)cc1)C(=Cc1c(F)cc(F)cc1F)c1ccc(F)cc1. The van der Waals surface area contributed by atoms with E-state index in [0.717, 1.165) is 18.2 Å². The van der Waals surface area contributed by atoms with Gasteiger partial charge in [0.2, 0.25) is 0 Å². The lowest BCUT2D eigenvalue weighted by Gasteiger charge is -2.11. The molecule has 0 radical (unpaired) electrons. The van der Waals surface area contributed by atoms with E-state index in [-0.39, 0.29) is 23.2 Å². The van der Waals surface area contributed by atoms with Crippen molar-refractivity contribution in [1.82, 2.24) is 10.8 Å². The fourth-order valence-corrected chi connectivity index (χ4v) is 2.86. The Morgan fingerprint density at radius 2 is 1.38 bits per heavy atom. The molecule has 5 nitrogen and oxygen atoms in total. The standard InChI is InChI=1S/C23H16F4N2O3/c24-16-7-5-14(6-8-16)18(11-19-20(26)9-17(25)10-21(19)27)23(31)28-12-13-1-3-15(4-2-13)22(30)29-32/h1-11,32H,12H2,(H,28,31)(H,29,30). The van der Waals surface area contributed by atoms with E-state index in [1.54, 1.807) is 0 Å². The van der Waals surface area contributed by atoms with Gasteiger partial charge in [-0.05, 0) is 41.5 Å². The summed E-state index contributed by atoms with van der Waals surface area (Å²) in [5.41, 5.74) is 1.66. The van der Waals surface area contributed by atoms with Crippen LogP contribution in [0.3, 0.4) is 0 Å². The predicted octanol–water partition coefficient (Wildman–Crippen LogP) is 4.22. The molecule has 0 atom stereocenters. The van der Waals surface area contributed by atoms with Crippen molar-refractivity contribution in [3.05, 3.63) is 106 Å². The van der Waals surface area contributed by atoms with Gasteiger partial charge in [-0.1, -0.05) is 24.3 Å². The summed E-state index contributed by atoms with van der Waals surface area (Å²) in [4.78, 5) is 24.2. The van der Waals surface area contributed by atoms with Crippen molar-refractivity contribution in [2.45, 2.75) is 6.54 Å². The van der Waals surface area contributed by atoms with Crippen LogP contribution in [0.15, 0.2) is 60.7 Å². The largest absolute Gasteiger partial charge is 0.348 e. The molecule has 0 bridgehead atoms. The van der Waals surface area contributed by atoms with E-state index in [4.69, 9.17) is 5.21 Å². The van der Waals surface area contributed by atoms with E-state index in [1.165, 1.54) is 41.9 Å². The third-order valence-corrected chi connectivity index (χ3v) is 4.50. The van der Waals surface area contributed by atoms with Crippen LogP contribution < -0.4 is 10.8 Å². The lowest BCUT2D eigenvalue weighted by Crippen LogP contribution is -2.24. The number of amides is 2. The molecule has 0 saturated carbocycles. The van der Waals surface area contributed by atoms with Gasteiger partial charge in [0, 0.05) is 35.4 Å². The molecule has 3 aromatic carbocycles. The maximum Gasteiger partial charge on any atom is 0.274 e. The average Bonchev–Trinajstić information content (AvgIpc) is 2.77. The second-order valence-corrected chi connectivity index (χ2v) is 6.67. The molecule has 0 aromatic heterocycles. The van der Waals surface area contributed by atoms with Gasteiger partial charge in [0.15, 0.2) is 0 Å². The fraction of sp³-hybridized carbons (Fsp3) is 0.0435. The van der Waals surface area contributed by atoms with Gasteiger partial charge in [0.05, 0.1) is 0 Å². The molecular weight excluding hydrogens is 428 g/mol. The number of hydrogen-bond acceptors (Lipinski definition) is 3. The molecular formula is C23H16F4N2O3. The Morgan fingerprint density at radius 3 is 1.94 bits per heavy atom. The molecule has 0 saturated heterocycles. The molecule has 0 unspecified atom stereocenters. The highest BCUT2D eigenvalue weighted by atomic mass is 19.1. The van der Waals surface area contributed by atoms with Crippen molar-refractivity contribution >= 4 is 23.5 Å². The molecule has 2 amide bonds. The normalized spacial score (nSPS) is 11.2. The molecule has 0 heterocycles. The van der Waals surface area contributed by atoms with Gasteiger partial charge in [-0.25, -0.2) is 23.0 Å². The van der Waals surface area contributed by atoms with Crippen LogP contribution in [0.2, 0.25) is 0 Å². The Bertz CT molecular complexity index is 1150. The monoisotopic (exact) mass is 444 g/mol. The Kier molecular flexibility index (Phi) is 7.01. The molecule has 9 heteroatoms. The van der Waals surface area contributed by atoms with Gasteiger partial charge >= 0.3 is 0 Å². The van der Waals surface area contributed by atoms with Gasteiger partial charge in [-0.2, -0.15) is 0 Å². The average molecular weight is 444 g/mol. The second-order valence-electron chi connectivity index (χ2n) is 6.67. The third kappa shape index (κ3) is 5.38. The van der Waals surface area contributed by atoms with Crippen LogP contribution in [0.25, 0.3) is 11.6 Å². The lowest BCUT2D eigenvalue weighted by atomic mass is 10.0. The van der Waals surface area contributed by atoms with Crippen LogP contribution in [0.5, 0.6) is 0 Å². The van der Waals surface area contributed by atoms with Crippen LogP contribution in [-0.2, 0) is 11.3 Å². The highest BCUT2D eigenvalue weighted by molar-refractivity contribution is 6.24. The smallest absolute Gasteiger partial charge is 0.274 e. The van der Waals surface area contributed by atoms with E-state index in [0.29, 0.717) is 17.7 Å². The fourth-order valence-electron chi connectivity index (χ4n) is 2.86. The number of rotatable bonds is 6. The lowest BCUT2D eigenvalue weighted by molar-refractivity contribution is -0.115. The Balaban J connectivity index is 1.89. The quantitative estimate of drug-likeness (QED) is 0.175. The van der Waals surface area contributed by atoms with Gasteiger partial charge in [0.25, 0.3) is 11.8 Å². The first-order valence-corrected chi connectivity index (χ1v) is 9.22. The Morgan fingerprint density at radius 1 is 0.812 bits per heavy atom. The molecule has 0 aliphatic heterocycles. The zero-order valence-electron chi connectivity index (χ0n) is 16.3. The maximum atomic E-state index is 14.1. The number of carbonyl (C=O) groups excluding carboxylic acids is 2. The van der Waals surface area contributed by atoms with Crippen LogP contribution >= 0.6 is 0 Å². The number of halogens is 4. The molecule has 0 aliphatic carbocycles. The molecule has 0 aliphatic rings. The second kappa shape index (κ2) is 9.88. The van der Waals surface area contributed by atoms with Gasteiger partial charge in [-0.3, -0.25) is 14.8 Å². The summed E-state index contributed by atoms with van der Waals surface area (Å²) in [5.74, 6) is -5.51. The van der Waals surface area contributed by atoms with Crippen molar-refractivity contribution in [3.63, 3.8) is 0 Å². The summed E-state index contributed by atoms with van der Waals surface area (Å²) in [6.07, 6.45) is 0.918. The van der Waals surface area contributed by atoms with Crippen LogP contribution in [0, 0.1) is 23.3 Å². The Hall–Kier alpha value is -3.98. The molecule has 3 N–H and O–H groups in total. The molecule has 0 spiro atoms. The first-order valence-electron chi connectivity index (χ1n) is 9.22. The third-order valence-electron chi connectivity index (χ3n) is 4.50. The van der Waals surface area contributed by atoms with E-state index < -0.39 is 40.6 Å². The minimum atomic E-state index is -1.20. The van der Waals surface area contributed by atoms with Gasteiger partial charge in [0.1, 0.15) is 23.3 Å². The number of carbonyl (C=O) groups is 2. The highest BCUT2D eigenvalue weighted by Gasteiger charge is 2.17. The van der Waals surface area contributed by atoms with Crippen molar-refractivity contribution < 1.29 is 32.4 Å². The summed E-state index contributed by atoms with van der Waals surface area (Å²) in [6.45, 7) is -0.00717. The van der Waals surface area contributed by atoms with Crippen LogP contribution in [-0.4, -0.2) is 17.0 Å². The zero-order valence-corrected chi connectivity index (χ0v) is 16.3. The minimum absolute atomic E-state index is 0.00717. The zero-order chi connectivity index (χ0) is 23.3. The Labute approximate surface area is 180 Å². The molecule has 164 valence electrons. The number of benzene rings is 3. The van der Waals surface area contributed by atoms with Crippen molar-refractivity contribution in [1.29, 1.82) is 0 Å². The van der Waals surface area contributed by atoms with Crippen molar-refractivity contribution in [3.8, 4) is 0 Å². The summed E-state index contributed by atoms with van der Waals surface area (Å²) < 4.78 is 54.8. The van der Waals surface area contributed by atoms with E-state index >= 15 is 0 Å². The summed E-state index contributed by atoms with van der Waals surface area (Å²) in [5, 5.41) is 11.2.